The maximum atomic E-state index is 12.9. The zero-order chi connectivity index (χ0) is 24.2. The van der Waals surface area contributed by atoms with Gasteiger partial charge in [-0.15, -0.1) is 0 Å². The molecule has 2 fully saturated rings. The van der Waals surface area contributed by atoms with Crippen LogP contribution >= 0.6 is 23.2 Å². The molecule has 2 saturated heterocycles. The zero-order valence-electron chi connectivity index (χ0n) is 19.9. The SMILES string of the molecule is O=C(NCC1CCCN(C2CCN(Cc3ccc(Cl)c(Cl)c3)CC2)C1)c1nccc2ccccc12. The van der Waals surface area contributed by atoms with E-state index in [9.17, 15) is 4.79 Å². The largest absolute Gasteiger partial charge is 0.350 e. The molecule has 5 rings (SSSR count). The number of hydrogen-bond donors (Lipinski definition) is 1. The van der Waals surface area contributed by atoms with E-state index in [1.807, 2.05) is 42.5 Å². The van der Waals surface area contributed by atoms with Crippen LogP contribution in [0.5, 0.6) is 0 Å². The Hall–Kier alpha value is -2.18. The predicted octanol–water partition coefficient (Wildman–Crippen LogP) is 5.65. The number of carbonyl (C=O) groups is 1. The molecule has 0 spiro atoms. The van der Waals surface area contributed by atoms with E-state index in [1.165, 1.54) is 24.8 Å². The molecule has 0 radical (unpaired) electrons. The van der Waals surface area contributed by atoms with Crippen molar-refractivity contribution >= 4 is 39.9 Å². The average molecular weight is 511 g/mol. The summed E-state index contributed by atoms with van der Waals surface area (Å²) in [6.07, 6.45) is 6.43. The summed E-state index contributed by atoms with van der Waals surface area (Å²) >= 11 is 12.2. The number of pyridine rings is 1. The van der Waals surface area contributed by atoms with Crippen LogP contribution in [0.1, 0.15) is 41.7 Å². The Labute approximate surface area is 217 Å². The average Bonchev–Trinajstić information content (AvgIpc) is 2.90. The lowest BCUT2D eigenvalue weighted by Crippen LogP contribution is -2.49. The van der Waals surface area contributed by atoms with E-state index in [0.717, 1.165) is 49.9 Å². The Morgan fingerprint density at radius 3 is 2.66 bits per heavy atom. The van der Waals surface area contributed by atoms with Gasteiger partial charge in [0.15, 0.2) is 0 Å². The molecule has 184 valence electrons. The predicted molar refractivity (Wildman–Crippen MR) is 143 cm³/mol. The Balaban J connectivity index is 1.11. The van der Waals surface area contributed by atoms with Crippen molar-refractivity contribution in [2.75, 3.05) is 32.7 Å². The summed E-state index contributed by atoms with van der Waals surface area (Å²) in [5.41, 5.74) is 1.73. The summed E-state index contributed by atoms with van der Waals surface area (Å²) in [5.74, 6) is 0.409. The maximum Gasteiger partial charge on any atom is 0.270 e. The third-order valence-corrected chi connectivity index (χ3v) is 8.19. The van der Waals surface area contributed by atoms with Crippen LogP contribution < -0.4 is 5.32 Å². The highest BCUT2D eigenvalue weighted by Gasteiger charge is 2.29. The van der Waals surface area contributed by atoms with Gasteiger partial charge >= 0.3 is 0 Å². The molecule has 35 heavy (non-hydrogen) atoms. The quantitative estimate of drug-likeness (QED) is 0.465. The van der Waals surface area contributed by atoms with Gasteiger partial charge in [-0.05, 0) is 80.4 Å². The van der Waals surface area contributed by atoms with Crippen molar-refractivity contribution < 1.29 is 4.79 Å². The Morgan fingerprint density at radius 2 is 1.83 bits per heavy atom. The van der Waals surface area contributed by atoms with E-state index in [4.69, 9.17) is 23.2 Å². The fraction of sp³-hybridized carbons (Fsp3) is 0.429. The minimum Gasteiger partial charge on any atom is -0.350 e. The third-order valence-electron chi connectivity index (χ3n) is 7.45. The van der Waals surface area contributed by atoms with E-state index < -0.39 is 0 Å². The van der Waals surface area contributed by atoms with Gasteiger partial charge in [0.1, 0.15) is 5.69 Å². The van der Waals surface area contributed by atoms with Crippen LogP contribution in [-0.2, 0) is 6.54 Å². The number of fused-ring (bicyclic) bond motifs is 1. The number of hydrogen-bond acceptors (Lipinski definition) is 4. The van der Waals surface area contributed by atoms with Gasteiger partial charge in [-0.1, -0.05) is 53.5 Å². The summed E-state index contributed by atoms with van der Waals surface area (Å²) in [7, 11) is 0. The summed E-state index contributed by atoms with van der Waals surface area (Å²) in [6, 6.07) is 16.4. The minimum atomic E-state index is -0.0745. The topological polar surface area (TPSA) is 48.5 Å². The molecule has 0 saturated carbocycles. The first kappa shape index (κ1) is 24.5. The zero-order valence-corrected chi connectivity index (χ0v) is 21.4. The summed E-state index contributed by atoms with van der Waals surface area (Å²) in [5, 5.41) is 6.36. The van der Waals surface area contributed by atoms with E-state index in [2.05, 4.69) is 26.2 Å². The van der Waals surface area contributed by atoms with E-state index in [1.54, 1.807) is 6.20 Å². The smallest absolute Gasteiger partial charge is 0.270 e. The fourth-order valence-corrected chi connectivity index (χ4v) is 5.88. The first-order valence-corrected chi connectivity index (χ1v) is 13.3. The molecule has 2 aromatic carbocycles. The van der Waals surface area contributed by atoms with Crippen LogP contribution in [-0.4, -0.2) is 59.5 Å². The number of amides is 1. The van der Waals surface area contributed by atoms with Crippen LogP contribution in [0.2, 0.25) is 10.0 Å². The number of rotatable bonds is 6. The highest BCUT2D eigenvalue weighted by atomic mass is 35.5. The Kier molecular flexibility index (Phi) is 7.88. The molecule has 1 atom stereocenters. The minimum absolute atomic E-state index is 0.0745. The van der Waals surface area contributed by atoms with Crippen LogP contribution in [0.25, 0.3) is 10.8 Å². The number of carbonyl (C=O) groups excluding carboxylic acids is 1. The monoisotopic (exact) mass is 510 g/mol. The highest BCUT2D eigenvalue weighted by molar-refractivity contribution is 6.42. The molecule has 1 N–H and O–H groups in total. The molecule has 5 nitrogen and oxygen atoms in total. The lowest BCUT2D eigenvalue weighted by molar-refractivity contribution is 0.0674. The number of halogens is 2. The fourth-order valence-electron chi connectivity index (χ4n) is 5.56. The van der Waals surface area contributed by atoms with Crippen molar-refractivity contribution in [3.8, 4) is 0 Å². The molecule has 1 aromatic heterocycles. The number of benzene rings is 2. The number of likely N-dealkylation sites (tertiary alicyclic amines) is 2. The third kappa shape index (κ3) is 5.97. The molecule has 0 bridgehead atoms. The lowest BCUT2D eigenvalue weighted by atomic mass is 9.93. The molecule has 3 aromatic rings. The summed E-state index contributed by atoms with van der Waals surface area (Å²) in [6.45, 7) is 6.02. The highest BCUT2D eigenvalue weighted by Crippen LogP contribution is 2.27. The van der Waals surface area contributed by atoms with Gasteiger partial charge in [-0.2, -0.15) is 0 Å². The molecule has 2 aliphatic rings. The van der Waals surface area contributed by atoms with Crippen molar-refractivity contribution in [2.45, 2.75) is 38.3 Å². The molecule has 3 heterocycles. The van der Waals surface area contributed by atoms with Gasteiger partial charge in [-0.25, -0.2) is 0 Å². The second kappa shape index (κ2) is 11.3. The van der Waals surface area contributed by atoms with Crippen molar-refractivity contribution in [3.63, 3.8) is 0 Å². The summed E-state index contributed by atoms with van der Waals surface area (Å²) in [4.78, 5) is 22.4. The van der Waals surface area contributed by atoms with Gasteiger partial charge in [0.05, 0.1) is 10.0 Å². The first-order valence-electron chi connectivity index (χ1n) is 12.6. The molecule has 2 aliphatic heterocycles. The molecule has 1 unspecified atom stereocenters. The Morgan fingerprint density at radius 1 is 1.00 bits per heavy atom. The first-order chi connectivity index (χ1) is 17.1. The normalized spacial score (nSPS) is 20.2. The van der Waals surface area contributed by atoms with E-state index in [-0.39, 0.29) is 5.91 Å². The summed E-state index contributed by atoms with van der Waals surface area (Å²) < 4.78 is 0. The van der Waals surface area contributed by atoms with Crippen LogP contribution in [0.3, 0.4) is 0 Å². The molecule has 0 aliphatic carbocycles. The van der Waals surface area contributed by atoms with Crippen molar-refractivity contribution in [2.24, 2.45) is 5.92 Å². The number of nitrogens with one attached hydrogen (secondary N) is 1. The molecule has 1 amide bonds. The van der Waals surface area contributed by atoms with Gasteiger partial charge in [0.2, 0.25) is 0 Å². The van der Waals surface area contributed by atoms with Crippen molar-refractivity contribution in [1.29, 1.82) is 0 Å². The lowest BCUT2D eigenvalue weighted by Gasteiger charge is -2.42. The van der Waals surface area contributed by atoms with Gasteiger partial charge < -0.3 is 5.32 Å². The van der Waals surface area contributed by atoms with Crippen LogP contribution in [0, 0.1) is 5.92 Å². The number of piperidine rings is 2. The number of aromatic nitrogens is 1. The van der Waals surface area contributed by atoms with Gasteiger partial charge in [0, 0.05) is 37.3 Å². The van der Waals surface area contributed by atoms with Crippen molar-refractivity contribution in [1.82, 2.24) is 20.1 Å². The standard InChI is InChI=1S/C28H32Cl2N4O/c29-25-8-7-20(16-26(25)30)18-33-14-10-23(11-15-33)34-13-3-4-21(19-34)17-32-28(35)27-24-6-2-1-5-22(24)9-12-31-27/h1-2,5-9,12,16,21,23H,3-4,10-11,13-15,17-19H2,(H,32,35). The van der Waals surface area contributed by atoms with Gasteiger partial charge in [-0.3, -0.25) is 19.6 Å². The van der Waals surface area contributed by atoms with Crippen LogP contribution in [0.4, 0.5) is 0 Å². The second-order valence-electron chi connectivity index (χ2n) is 9.85. The second-order valence-corrected chi connectivity index (χ2v) is 10.7. The Bertz CT molecular complexity index is 1170. The molecular weight excluding hydrogens is 479 g/mol. The molecule has 7 heteroatoms. The van der Waals surface area contributed by atoms with Crippen LogP contribution in [0.15, 0.2) is 54.7 Å². The van der Waals surface area contributed by atoms with E-state index >= 15 is 0 Å². The maximum absolute atomic E-state index is 12.9. The van der Waals surface area contributed by atoms with Gasteiger partial charge in [0.25, 0.3) is 5.91 Å². The van der Waals surface area contributed by atoms with Crippen molar-refractivity contribution in [3.05, 3.63) is 76.0 Å². The number of nitrogens with zero attached hydrogens (tertiary/aromatic N) is 3. The molecular formula is C28H32Cl2N4O. The van der Waals surface area contributed by atoms with E-state index in [0.29, 0.717) is 34.2 Å².